The predicted octanol–water partition coefficient (Wildman–Crippen LogP) is 2.69. The maximum Gasteiger partial charge on any atom is 0.120 e. The van der Waals surface area contributed by atoms with Crippen molar-refractivity contribution in [2.45, 2.75) is 24.8 Å². The van der Waals surface area contributed by atoms with E-state index in [4.69, 9.17) is 22.1 Å². The van der Waals surface area contributed by atoms with E-state index in [0.717, 1.165) is 24.2 Å². The van der Waals surface area contributed by atoms with Crippen LogP contribution in [0, 0.1) is 0 Å². The van der Waals surface area contributed by atoms with Crippen molar-refractivity contribution in [2.24, 2.45) is 5.73 Å². The average Bonchev–Trinajstić information content (AvgIpc) is 2.13. The van der Waals surface area contributed by atoms with Crippen LogP contribution in [0.4, 0.5) is 0 Å². The van der Waals surface area contributed by atoms with Gasteiger partial charge in [-0.2, -0.15) is 0 Å². The van der Waals surface area contributed by atoms with Crippen LogP contribution >= 0.6 is 11.6 Å². The van der Waals surface area contributed by atoms with Gasteiger partial charge in [0.2, 0.25) is 0 Å². The molecular formula is C11H14ClNO. The molecule has 2 nitrogen and oxygen atoms in total. The molecule has 0 spiro atoms. The minimum atomic E-state index is -0.168. The zero-order valence-electron chi connectivity index (χ0n) is 8.22. The predicted molar refractivity (Wildman–Crippen MR) is 57.7 cm³/mol. The molecule has 0 bridgehead atoms. The van der Waals surface area contributed by atoms with Crippen LogP contribution in [0.5, 0.6) is 5.75 Å². The molecule has 1 aromatic carbocycles. The van der Waals surface area contributed by atoms with Crippen LogP contribution in [0.2, 0.25) is 5.02 Å². The summed E-state index contributed by atoms with van der Waals surface area (Å²) in [5.74, 6) is 0.782. The van der Waals surface area contributed by atoms with Crippen molar-refractivity contribution in [3.05, 3.63) is 28.8 Å². The van der Waals surface area contributed by atoms with E-state index in [1.54, 1.807) is 13.2 Å². The first-order valence-electron chi connectivity index (χ1n) is 4.78. The highest BCUT2D eigenvalue weighted by molar-refractivity contribution is 6.30. The zero-order chi connectivity index (χ0) is 10.2. The van der Waals surface area contributed by atoms with Crippen LogP contribution in [0.15, 0.2) is 18.2 Å². The third-order valence-electron chi connectivity index (χ3n) is 2.93. The van der Waals surface area contributed by atoms with E-state index in [-0.39, 0.29) is 5.54 Å². The van der Waals surface area contributed by atoms with Crippen molar-refractivity contribution in [2.75, 3.05) is 7.11 Å². The van der Waals surface area contributed by atoms with Crippen LogP contribution in [0.3, 0.4) is 0 Å². The molecule has 0 aliphatic heterocycles. The van der Waals surface area contributed by atoms with Crippen molar-refractivity contribution in [1.29, 1.82) is 0 Å². The molecule has 14 heavy (non-hydrogen) atoms. The SMILES string of the molecule is COc1cc(Cl)cc(C2(N)CCC2)c1. The Hall–Kier alpha value is -0.730. The molecule has 1 aliphatic carbocycles. The Morgan fingerprint density at radius 1 is 1.36 bits per heavy atom. The molecule has 0 aromatic heterocycles. The van der Waals surface area contributed by atoms with Crippen molar-refractivity contribution >= 4 is 11.6 Å². The van der Waals surface area contributed by atoms with Crippen molar-refractivity contribution in [1.82, 2.24) is 0 Å². The summed E-state index contributed by atoms with van der Waals surface area (Å²) in [6.45, 7) is 0. The molecule has 0 atom stereocenters. The van der Waals surface area contributed by atoms with Gasteiger partial charge in [0.25, 0.3) is 0 Å². The highest BCUT2D eigenvalue weighted by Gasteiger charge is 2.34. The molecule has 0 amide bonds. The first-order valence-corrected chi connectivity index (χ1v) is 5.16. The fourth-order valence-corrected chi connectivity index (χ4v) is 2.04. The van der Waals surface area contributed by atoms with Crippen LogP contribution in [-0.2, 0) is 5.54 Å². The van der Waals surface area contributed by atoms with Gasteiger partial charge in [0.15, 0.2) is 0 Å². The topological polar surface area (TPSA) is 35.2 Å². The van der Waals surface area contributed by atoms with E-state index in [0.29, 0.717) is 5.02 Å². The molecule has 2 rings (SSSR count). The molecule has 2 N–H and O–H groups in total. The molecule has 1 aliphatic rings. The number of methoxy groups -OCH3 is 1. The fraction of sp³-hybridized carbons (Fsp3) is 0.455. The largest absolute Gasteiger partial charge is 0.497 e. The van der Waals surface area contributed by atoms with Gasteiger partial charge in [-0.3, -0.25) is 0 Å². The Kier molecular flexibility index (Phi) is 2.41. The molecular weight excluding hydrogens is 198 g/mol. The summed E-state index contributed by atoms with van der Waals surface area (Å²) in [5.41, 5.74) is 7.12. The van der Waals surface area contributed by atoms with Gasteiger partial charge in [0.1, 0.15) is 5.75 Å². The van der Waals surface area contributed by atoms with Crippen LogP contribution < -0.4 is 10.5 Å². The molecule has 1 aromatic rings. The Labute approximate surface area is 89.0 Å². The highest BCUT2D eigenvalue weighted by Crippen LogP contribution is 2.40. The summed E-state index contributed by atoms with van der Waals surface area (Å²) in [6.07, 6.45) is 3.28. The zero-order valence-corrected chi connectivity index (χ0v) is 8.97. The van der Waals surface area contributed by atoms with Gasteiger partial charge < -0.3 is 10.5 Å². The van der Waals surface area contributed by atoms with E-state index < -0.39 is 0 Å². The molecule has 1 saturated carbocycles. The van der Waals surface area contributed by atoms with E-state index in [1.807, 2.05) is 12.1 Å². The number of rotatable bonds is 2. The molecule has 0 unspecified atom stereocenters. The van der Waals surface area contributed by atoms with Crippen LogP contribution in [0.25, 0.3) is 0 Å². The number of ether oxygens (including phenoxy) is 1. The van der Waals surface area contributed by atoms with E-state index in [2.05, 4.69) is 0 Å². The Balaban J connectivity index is 2.37. The number of hydrogen-bond acceptors (Lipinski definition) is 2. The van der Waals surface area contributed by atoms with E-state index in [9.17, 15) is 0 Å². The van der Waals surface area contributed by atoms with E-state index >= 15 is 0 Å². The Morgan fingerprint density at radius 3 is 2.57 bits per heavy atom. The maximum atomic E-state index is 6.20. The first kappa shape index (κ1) is 9.81. The summed E-state index contributed by atoms with van der Waals surface area (Å²) in [7, 11) is 1.64. The highest BCUT2D eigenvalue weighted by atomic mass is 35.5. The Morgan fingerprint density at radius 2 is 2.07 bits per heavy atom. The fourth-order valence-electron chi connectivity index (χ4n) is 1.81. The van der Waals surface area contributed by atoms with Gasteiger partial charge in [-0.15, -0.1) is 0 Å². The molecule has 1 fully saturated rings. The van der Waals surface area contributed by atoms with Crippen molar-refractivity contribution in [3.63, 3.8) is 0 Å². The van der Waals surface area contributed by atoms with Crippen LogP contribution in [-0.4, -0.2) is 7.11 Å². The summed E-state index contributed by atoms with van der Waals surface area (Å²) in [4.78, 5) is 0. The third-order valence-corrected chi connectivity index (χ3v) is 3.15. The third kappa shape index (κ3) is 1.60. The second-order valence-electron chi connectivity index (χ2n) is 3.89. The van der Waals surface area contributed by atoms with Gasteiger partial charge in [0, 0.05) is 10.6 Å². The summed E-state index contributed by atoms with van der Waals surface area (Å²) < 4.78 is 5.16. The summed E-state index contributed by atoms with van der Waals surface area (Å²) in [5, 5.41) is 0.691. The minimum absolute atomic E-state index is 0.168. The average molecular weight is 212 g/mol. The summed E-state index contributed by atoms with van der Waals surface area (Å²) in [6, 6.07) is 5.71. The van der Waals surface area contributed by atoms with Crippen LogP contribution in [0.1, 0.15) is 24.8 Å². The summed E-state index contributed by atoms with van der Waals surface area (Å²) >= 11 is 5.98. The minimum Gasteiger partial charge on any atom is -0.497 e. The lowest BCUT2D eigenvalue weighted by Gasteiger charge is -2.38. The smallest absolute Gasteiger partial charge is 0.120 e. The van der Waals surface area contributed by atoms with Crippen molar-refractivity contribution in [3.8, 4) is 5.75 Å². The lowest BCUT2D eigenvalue weighted by Crippen LogP contribution is -2.43. The van der Waals surface area contributed by atoms with Gasteiger partial charge in [-0.25, -0.2) is 0 Å². The second-order valence-corrected chi connectivity index (χ2v) is 4.33. The van der Waals surface area contributed by atoms with Gasteiger partial charge >= 0.3 is 0 Å². The molecule has 0 heterocycles. The molecule has 0 saturated heterocycles. The number of benzene rings is 1. The standard InChI is InChI=1S/C11H14ClNO/c1-14-10-6-8(5-9(12)7-10)11(13)3-2-4-11/h5-7H,2-4,13H2,1H3. The monoisotopic (exact) mass is 211 g/mol. The first-order chi connectivity index (χ1) is 6.64. The molecule has 0 radical (unpaired) electrons. The number of nitrogens with two attached hydrogens (primary N) is 1. The molecule has 76 valence electrons. The Bertz CT molecular complexity index is 347. The quantitative estimate of drug-likeness (QED) is 0.817. The van der Waals surface area contributed by atoms with E-state index in [1.165, 1.54) is 6.42 Å². The van der Waals surface area contributed by atoms with Gasteiger partial charge in [-0.1, -0.05) is 11.6 Å². The lowest BCUT2D eigenvalue weighted by atomic mass is 9.73. The molecule has 3 heteroatoms. The normalized spacial score (nSPS) is 18.8. The maximum absolute atomic E-state index is 6.20. The van der Waals surface area contributed by atoms with Crippen molar-refractivity contribution < 1.29 is 4.74 Å². The van der Waals surface area contributed by atoms with Gasteiger partial charge in [-0.05, 0) is 43.0 Å². The lowest BCUT2D eigenvalue weighted by molar-refractivity contribution is 0.252. The van der Waals surface area contributed by atoms with Gasteiger partial charge in [0.05, 0.1) is 7.11 Å². The number of halogens is 1. The second kappa shape index (κ2) is 3.44. The number of hydrogen-bond donors (Lipinski definition) is 1.